The summed E-state index contributed by atoms with van der Waals surface area (Å²) in [7, 11) is 0. The standard InChI is InChI=1S/C15H12FN3O/c1-9-5-6-10(16)8-11(9)14-13(15(17)19-20-14)12-4-2-3-7-18-12/h2-8H,1H3,(H2,17,19). The molecule has 2 heterocycles. The van der Waals surface area contributed by atoms with Gasteiger partial charge in [-0.25, -0.2) is 4.39 Å². The normalized spacial score (nSPS) is 10.7. The highest BCUT2D eigenvalue weighted by Crippen LogP contribution is 2.37. The van der Waals surface area contributed by atoms with Crippen LogP contribution in [0.25, 0.3) is 22.6 Å². The van der Waals surface area contributed by atoms with E-state index >= 15 is 0 Å². The van der Waals surface area contributed by atoms with Crippen molar-refractivity contribution in [1.82, 2.24) is 10.1 Å². The number of anilines is 1. The molecule has 0 aliphatic rings. The summed E-state index contributed by atoms with van der Waals surface area (Å²) in [6, 6.07) is 9.95. The van der Waals surface area contributed by atoms with Crippen molar-refractivity contribution in [2.45, 2.75) is 6.92 Å². The molecule has 3 rings (SSSR count). The van der Waals surface area contributed by atoms with Gasteiger partial charge in [-0.15, -0.1) is 0 Å². The van der Waals surface area contributed by atoms with Gasteiger partial charge in [0.05, 0.1) is 11.3 Å². The second kappa shape index (κ2) is 4.77. The van der Waals surface area contributed by atoms with E-state index in [0.717, 1.165) is 5.56 Å². The lowest BCUT2D eigenvalue weighted by atomic mass is 10.0. The smallest absolute Gasteiger partial charge is 0.178 e. The van der Waals surface area contributed by atoms with Crippen molar-refractivity contribution in [3.8, 4) is 22.6 Å². The molecule has 0 amide bonds. The summed E-state index contributed by atoms with van der Waals surface area (Å²) in [5.74, 6) is 0.327. The zero-order valence-corrected chi connectivity index (χ0v) is 10.8. The Hall–Kier alpha value is -2.69. The van der Waals surface area contributed by atoms with Crippen LogP contribution in [0.2, 0.25) is 0 Å². The van der Waals surface area contributed by atoms with Crippen LogP contribution < -0.4 is 5.73 Å². The average molecular weight is 269 g/mol. The fraction of sp³-hybridized carbons (Fsp3) is 0.0667. The van der Waals surface area contributed by atoms with Gasteiger partial charge >= 0.3 is 0 Å². The molecule has 0 atom stereocenters. The summed E-state index contributed by atoms with van der Waals surface area (Å²) in [4.78, 5) is 4.25. The lowest BCUT2D eigenvalue weighted by Crippen LogP contribution is -1.92. The molecule has 3 aromatic rings. The van der Waals surface area contributed by atoms with E-state index in [9.17, 15) is 4.39 Å². The molecule has 0 unspecified atom stereocenters. The van der Waals surface area contributed by atoms with E-state index in [1.165, 1.54) is 12.1 Å². The molecule has 2 N–H and O–H groups in total. The summed E-state index contributed by atoms with van der Waals surface area (Å²) in [5.41, 5.74) is 8.58. The van der Waals surface area contributed by atoms with Gasteiger partial charge in [-0.1, -0.05) is 17.3 Å². The highest BCUT2D eigenvalue weighted by molar-refractivity contribution is 5.85. The third kappa shape index (κ3) is 2.03. The van der Waals surface area contributed by atoms with E-state index in [0.29, 0.717) is 22.6 Å². The Bertz CT molecular complexity index is 753. The monoisotopic (exact) mass is 269 g/mol. The third-order valence-corrected chi connectivity index (χ3v) is 3.08. The zero-order valence-electron chi connectivity index (χ0n) is 10.8. The highest BCUT2D eigenvalue weighted by Gasteiger charge is 2.20. The quantitative estimate of drug-likeness (QED) is 0.774. The minimum Gasteiger partial charge on any atom is -0.380 e. The fourth-order valence-electron chi connectivity index (χ4n) is 2.08. The summed E-state index contributed by atoms with van der Waals surface area (Å²) in [6.07, 6.45) is 1.66. The first kappa shape index (κ1) is 12.3. The van der Waals surface area contributed by atoms with Gasteiger partial charge in [-0.05, 0) is 36.8 Å². The topological polar surface area (TPSA) is 64.9 Å². The molecule has 1 aromatic carbocycles. The van der Waals surface area contributed by atoms with Crippen LogP contribution in [0.5, 0.6) is 0 Å². The van der Waals surface area contributed by atoms with E-state index < -0.39 is 0 Å². The van der Waals surface area contributed by atoms with Crippen LogP contribution in [0, 0.1) is 12.7 Å². The van der Waals surface area contributed by atoms with Gasteiger partial charge in [0.25, 0.3) is 0 Å². The van der Waals surface area contributed by atoms with Crippen molar-refractivity contribution in [3.63, 3.8) is 0 Å². The Morgan fingerprint density at radius 2 is 2.05 bits per heavy atom. The van der Waals surface area contributed by atoms with E-state index in [4.69, 9.17) is 10.3 Å². The number of nitrogens with zero attached hydrogens (tertiary/aromatic N) is 2. The molecule has 0 radical (unpaired) electrons. The van der Waals surface area contributed by atoms with Crippen LogP contribution in [-0.4, -0.2) is 10.1 Å². The van der Waals surface area contributed by atoms with Crippen LogP contribution in [0.15, 0.2) is 47.1 Å². The number of halogens is 1. The minimum atomic E-state index is -0.340. The predicted molar refractivity (Wildman–Crippen MR) is 74.3 cm³/mol. The van der Waals surface area contributed by atoms with Crippen molar-refractivity contribution in [1.29, 1.82) is 0 Å². The summed E-state index contributed by atoms with van der Waals surface area (Å²) in [5, 5.41) is 3.78. The van der Waals surface area contributed by atoms with Crippen molar-refractivity contribution >= 4 is 5.82 Å². The lowest BCUT2D eigenvalue weighted by molar-refractivity contribution is 0.435. The predicted octanol–water partition coefficient (Wildman–Crippen LogP) is 3.43. The number of nitrogen functional groups attached to an aromatic ring is 1. The van der Waals surface area contributed by atoms with E-state index in [-0.39, 0.29) is 11.6 Å². The van der Waals surface area contributed by atoms with Crippen molar-refractivity contribution < 1.29 is 8.91 Å². The van der Waals surface area contributed by atoms with Gasteiger partial charge < -0.3 is 10.3 Å². The fourth-order valence-corrected chi connectivity index (χ4v) is 2.08. The van der Waals surface area contributed by atoms with Gasteiger partial charge in [0.2, 0.25) is 0 Å². The molecule has 0 spiro atoms. The van der Waals surface area contributed by atoms with Crippen molar-refractivity contribution in [2.24, 2.45) is 0 Å². The SMILES string of the molecule is Cc1ccc(F)cc1-c1onc(N)c1-c1ccccn1. The van der Waals surface area contributed by atoms with Crippen LogP contribution in [0.3, 0.4) is 0 Å². The number of pyridine rings is 1. The Balaban J connectivity index is 2.24. The van der Waals surface area contributed by atoms with Crippen LogP contribution in [0.1, 0.15) is 5.56 Å². The second-order valence-corrected chi connectivity index (χ2v) is 4.45. The molecule has 20 heavy (non-hydrogen) atoms. The lowest BCUT2D eigenvalue weighted by Gasteiger charge is -2.05. The average Bonchev–Trinajstić information content (AvgIpc) is 2.84. The Morgan fingerprint density at radius 3 is 2.80 bits per heavy atom. The largest absolute Gasteiger partial charge is 0.380 e. The minimum absolute atomic E-state index is 0.238. The van der Waals surface area contributed by atoms with Crippen LogP contribution >= 0.6 is 0 Å². The summed E-state index contributed by atoms with van der Waals surface area (Å²) < 4.78 is 18.8. The molecule has 0 saturated carbocycles. The zero-order chi connectivity index (χ0) is 14.1. The maximum absolute atomic E-state index is 13.5. The van der Waals surface area contributed by atoms with Gasteiger partial charge in [-0.3, -0.25) is 4.98 Å². The van der Waals surface area contributed by atoms with Gasteiger partial charge in [0, 0.05) is 11.8 Å². The molecule has 5 heteroatoms. The number of hydrogen-bond donors (Lipinski definition) is 1. The number of rotatable bonds is 2. The van der Waals surface area contributed by atoms with Crippen molar-refractivity contribution in [3.05, 3.63) is 54.0 Å². The van der Waals surface area contributed by atoms with Gasteiger partial charge in [0.15, 0.2) is 11.6 Å². The number of hydrogen-bond acceptors (Lipinski definition) is 4. The van der Waals surface area contributed by atoms with Crippen LogP contribution in [-0.2, 0) is 0 Å². The molecule has 4 nitrogen and oxygen atoms in total. The molecular formula is C15H12FN3O. The molecule has 0 aliphatic carbocycles. The first-order valence-electron chi connectivity index (χ1n) is 6.10. The number of nitrogens with two attached hydrogens (primary N) is 1. The Kier molecular flexibility index (Phi) is 2.95. The van der Waals surface area contributed by atoms with E-state index in [1.807, 2.05) is 13.0 Å². The molecule has 0 bridgehead atoms. The molecule has 0 aliphatic heterocycles. The highest BCUT2D eigenvalue weighted by atomic mass is 19.1. The first-order valence-corrected chi connectivity index (χ1v) is 6.10. The van der Waals surface area contributed by atoms with Crippen molar-refractivity contribution in [2.75, 3.05) is 5.73 Å². The Labute approximate surface area is 115 Å². The van der Waals surface area contributed by atoms with Gasteiger partial charge in [0.1, 0.15) is 5.82 Å². The summed E-state index contributed by atoms with van der Waals surface area (Å²) >= 11 is 0. The number of aromatic nitrogens is 2. The number of aryl methyl sites for hydroxylation is 1. The van der Waals surface area contributed by atoms with E-state index in [1.54, 1.807) is 24.4 Å². The molecule has 2 aromatic heterocycles. The molecule has 0 fully saturated rings. The summed E-state index contributed by atoms with van der Waals surface area (Å²) in [6.45, 7) is 1.87. The number of benzene rings is 1. The molecule has 0 saturated heterocycles. The second-order valence-electron chi connectivity index (χ2n) is 4.45. The first-order chi connectivity index (χ1) is 9.66. The molecular weight excluding hydrogens is 257 g/mol. The maximum atomic E-state index is 13.5. The Morgan fingerprint density at radius 1 is 1.20 bits per heavy atom. The third-order valence-electron chi connectivity index (χ3n) is 3.08. The maximum Gasteiger partial charge on any atom is 0.178 e. The molecule has 100 valence electrons. The van der Waals surface area contributed by atoms with Crippen LogP contribution in [0.4, 0.5) is 10.2 Å². The van der Waals surface area contributed by atoms with E-state index in [2.05, 4.69) is 10.1 Å². The van der Waals surface area contributed by atoms with Gasteiger partial charge in [-0.2, -0.15) is 0 Å².